The summed E-state index contributed by atoms with van der Waals surface area (Å²) >= 11 is 0. The van der Waals surface area contributed by atoms with E-state index in [2.05, 4.69) is 0 Å². The van der Waals surface area contributed by atoms with Crippen LogP contribution in [-0.2, 0) is 19.7 Å². The van der Waals surface area contributed by atoms with E-state index < -0.39 is 23.5 Å². The second-order valence-corrected chi connectivity index (χ2v) is 9.63. The van der Waals surface area contributed by atoms with Crippen LogP contribution in [0.4, 0.5) is 4.39 Å². The topological polar surface area (TPSA) is 76.1 Å². The highest BCUT2D eigenvalue weighted by Gasteiger charge is 2.46. The first-order chi connectivity index (χ1) is 16.0. The minimum atomic E-state index is -0.889. The van der Waals surface area contributed by atoms with Crippen LogP contribution in [0.1, 0.15) is 57.4 Å². The van der Waals surface area contributed by atoms with Gasteiger partial charge in [-0.1, -0.05) is 39.0 Å². The van der Waals surface area contributed by atoms with Gasteiger partial charge in [0.05, 0.1) is 37.0 Å². The van der Waals surface area contributed by atoms with E-state index in [9.17, 15) is 19.1 Å². The van der Waals surface area contributed by atoms with Crippen molar-refractivity contribution in [2.45, 2.75) is 52.2 Å². The van der Waals surface area contributed by atoms with Crippen molar-refractivity contribution in [2.75, 3.05) is 20.3 Å². The van der Waals surface area contributed by atoms with E-state index in [1.807, 2.05) is 40.7 Å². The molecule has 1 aliphatic heterocycles. The van der Waals surface area contributed by atoms with Gasteiger partial charge in [-0.3, -0.25) is 9.59 Å². The molecule has 0 radical (unpaired) electrons. The molecular weight excluding hydrogens is 437 g/mol. The minimum absolute atomic E-state index is 0.0505. The highest BCUT2D eigenvalue weighted by atomic mass is 19.1. The van der Waals surface area contributed by atoms with Gasteiger partial charge in [-0.25, -0.2) is 4.39 Å². The van der Waals surface area contributed by atoms with Gasteiger partial charge in [0.15, 0.2) is 0 Å². The van der Waals surface area contributed by atoms with Crippen LogP contribution in [0.25, 0.3) is 5.76 Å². The van der Waals surface area contributed by atoms with Crippen LogP contribution >= 0.6 is 0 Å². The Labute approximate surface area is 200 Å². The maximum absolute atomic E-state index is 13.6. The molecule has 1 aliphatic rings. The van der Waals surface area contributed by atoms with Gasteiger partial charge in [0, 0.05) is 6.54 Å². The number of aliphatic hydroxyl groups excluding tert-OH is 1. The fourth-order valence-corrected chi connectivity index (χ4v) is 3.99. The molecule has 1 heterocycles. The lowest BCUT2D eigenvalue weighted by Crippen LogP contribution is -2.33. The van der Waals surface area contributed by atoms with E-state index in [0.717, 1.165) is 5.56 Å². The van der Waals surface area contributed by atoms with E-state index in [1.165, 1.54) is 36.3 Å². The van der Waals surface area contributed by atoms with Gasteiger partial charge >= 0.3 is 0 Å². The van der Waals surface area contributed by atoms with E-state index >= 15 is 0 Å². The van der Waals surface area contributed by atoms with Crippen LogP contribution in [0, 0.1) is 5.82 Å². The lowest BCUT2D eigenvalue weighted by Gasteiger charge is -2.26. The predicted octanol–water partition coefficient (Wildman–Crippen LogP) is 4.98. The summed E-state index contributed by atoms with van der Waals surface area (Å²) in [6.07, 6.45) is -0.0505. The smallest absolute Gasteiger partial charge is 0.295 e. The first-order valence-corrected chi connectivity index (χ1v) is 11.3. The zero-order valence-electron chi connectivity index (χ0n) is 20.5. The quantitative estimate of drug-likeness (QED) is 0.352. The molecule has 1 saturated heterocycles. The third-order valence-electron chi connectivity index (χ3n) is 5.83. The van der Waals surface area contributed by atoms with Gasteiger partial charge in [-0.2, -0.15) is 0 Å². The monoisotopic (exact) mass is 469 g/mol. The molecule has 0 spiro atoms. The Morgan fingerprint density at radius 2 is 1.76 bits per heavy atom. The van der Waals surface area contributed by atoms with Gasteiger partial charge in [-0.05, 0) is 54.7 Å². The Hall–Kier alpha value is -3.19. The Kier molecular flexibility index (Phi) is 7.46. The summed E-state index contributed by atoms with van der Waals surface area (Å²) < 4.78 is 24.7. The predicted molar refractivity (Wildman–Crippen MR) is 128 cm³/mol. The van der Waals surface area contributed by atoms with Crippen LogP contribution in [0.5, 0.6) is 5.75 Å². The Bertz CT molecular complexity index is 1100. The number of ketones is 1. The number of Topliss-reactive ketones (excluding diaryl/α,β-unsaturated/α-hetero) is 1. The molecule has 1 atom stereocenters. The number of ether oxygens (including phenoxy) is 2. The van der Waals surface area contributed by atoms with Crippen LogP contribution < -0.4 is 4.74 Å². The van der Waals surface area contributed by atoms with Gasteiger partial charge in [0.1, 0.15) is 17.3 Å². The summed E-state index contributed by atoms with van der Waals surface area (Å²) in [5.74, 6) is -1.95. The molecule has 34 heavy (non-hydrogen) atoms. The zero-order chi connectivity index (χ0) is 25.2. The number of halogens is 1. The Morgan fingerprint density at radius 1 is 1.12 bits per heavy atom. The molecule has 0 bridgehead atoms. The standard InChI is InChI=1S/C27H32FNO5/c1-16(2)34-14-13-29-23(17-7-10-19(28)11-8-17)22(25(31)26(29)32)24(30)20-15-18(27(3,4)5)9-12-21(20)33-6/h7-12,15-16,23,30H,13-14H2,1-6H3/b24-22+. The third kappa shape index (κ3) is 5.14. The first kappa shape index (κ1) is 25.4. The first-order valence-electron chi connectivity index (χ1n) is 11.3. The van der Waals surface area contributed by atoms with Crippen LogP contribution in [0.3, 0.4) is 0 Å². The van der Waals surface area contributed by atoms with Crippen LogP contribution in [0.15, 0.2) is 48.0 Å². The number of aliphatic hydroxyl groups is 1. The van der Waals surface area contributed by atoms with E-state index in [1.54, 1.807) is 12.1 Å². The Balaban J connectivity index is 2.19. The van der Waals surface area contributed by atoms with E-state index in [-0.39, 0.29) is 36.0 Å². The maximum atomic E-state index is 13.6. The summed E-state index contributed by atoms with van der Waals surface area (Å²) in [5.41, 5.74) is 1.47. The fourth-order valence-electron chi connectivity index (χ4n) is 3.99. The van der Waals surface area contributed by atoms with Crippen LogP contribution in [0.2, 0.25) is 0 Å². The molecule has 182 valence electrons. The number of likely N-dealkylation sites (tertiary alicyclic amines) is 1. The average molecular weight is 470 g/mol. The van der Waals surface area contributed by atoms with Crippen molar-refractivity contribution < 1.29 is 28.6 Å². The van der Waals surface area contributed by atoms with Crippen molar-refractivity contribution in [3.63, 3.8) is 0 Å². The number of carbonyl (C=O) groups excluding carboxylic acids is 2. The average Bonchev–Trinajstić information content (AvgIpc) is 3.03. The number of nitrogens with zero attached hydrogens (tertiary/aromatic N) is 1. The van der Waals surface area contributed by atoms with Crippen molar-refractivity contribution in [1.82, 2.24) is 4.90 Å². The fraction of sp³-hybridized carbons (Fsp3) is 0.407. The van der Waals surface area contributed by atoms with Crippen molar-refractivity contribution >= 4 is 17.4 Å². The molecule has 2 aromatic rings. The molecule has 3 rings (SSSR count). The van der Waals surface area contributed by atoms with Gasteiger partial charge in [0.25, 0.3) is 11.7 Å². The van der Waals surface area contributed by atoms with Gasteiger partial charge < -0.3 is 19.5 Å². The van der Waals surface area contributed by atoms with Crippen molar-refractivity contribution in [2.24, 2.45) is 0 Å². The number of amides is 1. The number of methoxy groups -OCH3 is 1. The van der Waals surface area contributed by atoms with Crippen LogP contribution in [-0.4, -0.2) is 48.1 Å². The molecule has 0 aliphatic carbocycles. The van der Waals surface area contributed by atoms with Gasteiger partial charge in [0.2, 0.25) is 0 Å². The van der Waals surface area contributed by atoms with Crippen molar-refractivity contribution in [3.8, 4) is 5.75 Å². The number of carbonyl (C=O) groups is 2. The largest absolute Gasteiger partial charge is 0.507 e. The zero-order valence-corrected chi connectivity index (χ0v) is 20.5. The second kappa shape index (κ2) is 9.97. The van der Waals surface area contributed by atoms with Crippen molar-refractivity contribution in [3.05, 3.63) is 70.5 Å². The highest BCUT2D eigenvalue weighted by molar-refractivity contribution is 6.46. The molecule has 1 unspecified atom stereocenters. The summed E-state index contributed by atoms with van der Waals surface area (Å²) in [6, 6.07) is 10.1. The SMILES string of the molecule is COc1ccc(C(C)(C)C)cc1/C(O)=C1\C(=O)C(=O)N(CCOC(C)C)C1c1ccc(F)cc1. The van der Waals surface area contributed by atoms with Gasteiger partial charge in [-0.15, -0.1) is 0 Å². The van der Waals surface area contributed by atoms with E-state index in [4.69, 9.17) is 9.47 Å². The number of hydrogen-bond acceptors (Lipinski definition) is 5. The lowest BCUT2D eigenvalue weighted by molar-refractivity contribution is -0.140. The summed E-state index contributed by atoms with van der Waals surface area (Å²) in [7, 11) is 1.47. The lowest BCUT2D eigenvalue weighted by atomic mass is 9.85. The number of rotatable bonds is 7. The molecule has 2 aromatic carbocycles. The molecular formula is C27H32FNO5. The maximum Gasteiger partial charge on any atom is 0.295 e. The molecule has 0 saturated carbocycles. The summed E-state index contributed by atoms with van der Waals surface area (Å²) in [5, 5.41) is 11.4. The Morgan fingerprint density at radius 3 is 2.32 bits per heavy atom. The number of benzene rings is 2. The summed E-state index contributed by atoms with van der Waals surface area (Å²) in [6.45, 7) is 10.2. The molecule has 1 N–H and O–H groups in total. The van der Waals surface area contributed by atoms with E-state index in [0.29, 0.717) is 16.9 Å². The molecule has 7 heteroatoms. The second-order valence-electron chi connectivity index (χ2n) is 9.63. The molecule has 0 aromatic heterocycles. The molecule has 1 amide bonds. The summed E-state index contributed by atoms with van der Waals surface area (Å²) in [4.78, 5) is 27.6. The minimum Gasteiger partial charge on any atom is -0.507 e. The normalized spacial score (nSPS) is 18.1. The third-order valence-corrected chi connectivity index (χ3v) is 5.83. The number of hydrogen-bond donors (Lipinski definition) is 1. The molecule has 6 nitrogen and oxygen atoms in total. The highest BCUT2D eigenvalue weighted by Crippen LogP contribution is 2.41. The molecule has 1 fully saturated rings. The van der Waals surface area contributed by atoms with Crippen molar-refractivity contribution in [1.29, 1.82) is 0 Å².